The third kappa shape index (κ3) is 6.69. The Balaban J connectivity index is 1.31. The van der Waals surface area contributed by atoms with E-state index >= 15 is 0 Å². The summed E-state index contributed by atoms with van der Waals surface area (Å²) < 4.78 is 25.6. The Morgan fingerprint density at radius 3 is 2.54 bits per heavy atom. The maximum Gasteiger partial charge on any atom is 0.161 e. The highest BCUT2D eigenvalue weighted by Crippen LogP contribution is 2.31. The number of rotatable bonds is 11. The molecule has 1 aliphatic heterocycles. The maximum absolute atomic E-state index is 6.08. The van der Waals surface area contributed by atoms with Crippen molar-refractivity contribution < 1.29 is 18.9 Å². The van der Waals surface area contributed by atoms with Crippen molar-refractivity contribution >= 4 is 11.6 Å². The minimum Gasteiger partial charge on any atom is -0.493 e. The van der Waals surface area contributed by atoms with Crippen molar-refractivity contribution in [2.75, 3.05) is 40.5 Å². The summed E-state index contributed by atoms with van der Waals surface area (Å²) in [7, 11) is 3.44. The van der Waals surface area contributed by atoms with Crippen LogP contribution in [0.15, 0.2) is 54.9 Å². The molecule has 1 fully saturated rings. The van der Waals surface area contributed by atoms with Crippen LogP contribution in [0, 0.1) is 6.92 Å². The summed E-state index contributed by atoms with van der Waals surface area (Å²) in [6.45, 7) is 6.47. The van der Waals surface area contributed by atoms with Crippen molar-refractivity contribution in [1.82, 2.24) is 14.5 Å². The van der Waals surface area contributed by atoms with Crippen LogP contribution in [-0.2, 0) is 17.8 Å². The minimum atomic E-state index is -0.293. The van der Waals surface area contributed by atoms with E-state index in [0.717, 1.165) is 62.1 Å². The molecule has 0 amide bonds. The number of likely N-dealkylation sites (tertiary alicyclic amines) is 1. The number of halogens is 1. The molecule has 4 rings (SSSR count). The molecule has 0 atom stereocenters. The molecule has 0 bridgehead atoms. The predicted octanol–water partition coefficient (Wildman–Crippen LogP) is 4.99. The lowest BCUT2D eigenvalue weighted by atomic mass is 9.91. The van der Waals surface area contributed by atoms with E-state index in [0.29, 0.717) is 18.2 Å². The Morgan fingerprint density at radius 1 is 1.03 bits per heavy atom. The molecule has 0 aliphatic carbocycles. The summed E-state index contributed by atoms with van der Waals surface area (Å²) in [5.74, 6) is 3.25. The summed E-state index contributed by atoms with van der Waals surface area (Å²) in [6.07, 6.45) is 5.56. The molecule has 188 valence electrons. The third-order valence-electron chi connectivity index (χ3n) is 6.65. The van der Waals surface area contributed by atoms with Gasteiger partial charge < -0.3 is 23.5 Å². The number of aromatic nitrogens is 2. The summed E-state index contributed by atoms with van der Waals surface area (Å²) in [4.78, 5) is 6.70. The van der Waals surface area contributed by atoms with E-state index < -0.39 is 0 Å². The number of methoxy groups -OCH3 is 2. The van der Waals surface area contributed by atoms with Crippen LogP contribution in [0.25, 0.3) is 0 Å². The van der Waals surface area contributed by atoms with Crippen LogP contribution in [-0.4, -0.2) is 60.6 Å². The fourth-order valence-corrected chi connectivity index (χ4v) is 4.56. The Kier molecular flexibility index (Phi) is 8.55. The summed E-state index contributed by atoms with van der Waals surface area (Å²) in [5, 5.41) is 0.670. The summed E-state index contributed by atoms with van der Waals surface area (Å²) >= 11 is 6.08. The molecule has 0 N–H and O–H groups in total. The van der Waals surface area contributed by atoms with Gasteiger partial charge in [0, 0.05) is 44.2 Å². The second kappa shape index (κ2) is 11.8. The second-order valence-corrected chi connectivity index (χ2v) is 9.35. The van der Waals surface area contributed by atoms with Gasteiger partial charge in [0.2, 0.25) is 0 Å². The standard InChI is InChI=1S/C27H34ClN3O4/c1-21-29-11-14-31(21)15-16-34-26-17-22(7-8-25(26)32-2)19-30-12-9-27(33-3,10-13-30)20-35-24-6-4-5-23(28)18-24/h4-8,11,14,17-18H,9-10,12-13,15-16,19-20H2,1-3H3. The van der Waals surface area contributed by atoms with Crippen molar-refractivity contribution in [1.29, 1.82) is 0 Å². The van der Waals surface area contributed by atoms with Gasteiger partial charge in [-0.3, -0.25) is 4.90 Å². The van der Waals surface area contributed by atoms with Crippen molar-refractivity contribution in [2.24, 2.45) is 0 Å². The number of piperidine rings is 1. The number of ether oxygens (including phenoxy) is 4. The van der Waals surface area contributed by atoms with Crippen molar-refractivity contribution in [3.05, 3.63) is 71.3 Å². The third-order valence-corrected chi connectivity index (χ3v) is 6.88. The molecule has 0 spiro atoms. The zero-order chi connectivity index (χ0) is 24.7. The summed E-state index contributed by atoms with van der Waals surface area (Å²) in [5.41, 5.74) is 0.901. The molecule has 2 aromatic carbocycles. The lowest BCUT2D eigenvalue weighted by Gasteiger charge is -2.40. The normalized spacial score (nSPS) is 15.7. The molecule has 35 heavy (non-hydrogen) atoms. The van der Waals surface area contributed by atoms with Crippen LogP contribution < -0.4 is 14.2 Å². The van der Waals surface area contributed by atoms with E-state index in [9.17, 15) is 0 Å². The van der Waals surface area contributed by atoms with Gasteiger partial charge in [-0.1, -0.05) is 23.7 Å². The highest BCUT2D eigenvalue weighted by molar-refractivity contribution is 6.30. The highest BCUT2D eigenvalue weighted by atomic mass is 35.5. The molecule has 1 aromatic heterocycles. The molecule has 0 radical (unpaired) electrons. The molecule has 3 aromatic rings. The van der Waals surface area contributed by atoms with E-state index in [2.05, 4.69) is 26.6 Å². The zero-order valence-corrected chi connectivity index (χ0v) is 21.5. The van der Waals surface area contributed by atoms with Gasteiger partial charge in [-0.25, -0.2) is 4.98 Å². The molecule has 7 nitrogen and oxygen atoms in total. The molecule has 0 saturated carbocycles. The molecular formula is C27H34ClN3O4. The lowest BCUT2D eigenvalue weighted by molar-refractivity contribution is -0.0839. The molecule has 1 aliphatic rings. The Labute approximate surface area is 212 Å². The second-order valence-electron chi connectivity index (χ2n) is 8.91. The molecule has 0 unspecified atom stereocenters. The number of hydrogen-bond donors (Lipinski definition) is 0. The first-order chi connectivity index (χ1) is 17.0. The predicted molar refractivity (Wildman–Crippen MR) is 137 cm³/mol. The molecular weight excluding hydrogens is 466 g/mol. The first-order valence-corrected chi connectivity index (χ1v) is 12.3. The van der Waals surface area contributed by atoms with Gasteiger partial charge in [0.15, 0.2) is 11.5 Å². The number of hydrogen-bond acceptors (Lipinski definition) is 6. The maximum atomic E-state index is 6.08. The number of nitrogens with zero attached hydrogens (tertiary/aromatic N) is 3. The van der Waals surface area contributed by atoms with Gasteiger partial charge in [-0.05, 0) is 55.7 Å². The van der Waals surface area contributed by atoms with Crippen LogP contribution in [0.3, 0.4) is 0 Å². The van der Waals surface area contributed by atoms with Gasteiger partial charge in [0.05, 0.1) is 13.7 Å². The monoisotopic (exact) mass is 499 g/mol. The van der Waals surface area contributed by atoms with Gasteiger partial charge in [0.1, 0.15) is 30.4 Å². The van der Waals surface area contributed by atoms with Gasteiger partial charge in [-0.2, -0.15) is 0 Å². The quantitative estimate of drug-likeness (QED) is 0.370. The Morgan fingerprint density at radius 2 is 1.86 bits per heavy atom. The van der Waals surface area contributed by atoms with E-state index in [1.165, 1.54) is 5.56 Å². The van der Waals surface area contributed by atoms with Gasteiger partial charge >= 0.3 is 0 Å². The Hall–Kier alpha value is -2.74. The van der Waals surface area contributed by atoms with Crippen molar-refractivity contribution in [3.8, 4) is 17.2 Å². The Bertz CT molecular complexity index is 1100. The largest absolute Gasteiger partial charge is 0.493 e. The summed E-state index contributed by atoms with van der Waals surface area (Å²) in [6, 6.07) is 13.7. The van der Waals surface area contributed by atoms with Crippen LogP contribution in [0.5, 0.6) is 17.2 Å². The molecule has 8 heteroatoms. The average molecular weight is 500 g/mol. The smallest absolute Gasteiger partial charge is 0.161 e. The van der Waals surface area contributed by atoms with Crippen LogP contribution in [0.4, 0.5) is 0 Å². The SMILES string of the molecule is COc1ccc(CN2CCC(COc3cccc(Cl)c3)(OC)CC2)cc1OCCn1ccnc1C. The fraction of sp³-hybridized carbons (Fsp3) is 0.444. The molecule has 2 heterocycles. The van der Waals surface area contributed by atoms with E-state index in [1.807, 2.05) is 43.5 Å². The van der Waals surface area contributed by atoms with E-state index in [-0.39, 0.29) is 5.60 Å². The van der Waals surface area contributed by atoms with Crippen LogP contribution in [0.2, 0.25) is 5.02 Å². The average Bonchev–Trinajstić information content (AvgIpc) is 3.28. The van der Waals surface area contributed by atoms with E-state index in [4.69, 9.17) is 30.5 Å². The van der Waals surface area contributed by atoms with Crippen LogP contribution in [0.1, 0.15) is 24.2 Å². The van der Waals surface area contributed by atoms with Crippen molar-refractivity contribution in [3.63, 3.8) is 0 Å². The highest BCUT2D eigenvalue weighted by Gasteiger charge is 2.35. The number of benzene rings is 2. The molecule has 1 saturated heterocycles. The lowest BCUT2D eigenvalue weighted by Crippen LogP contribution is -2.48. The number of imidazole rings is 1. The minimum absolute atomic E-state index is 0.293. The number of aryl methyl sites for hydroxylation is 1. The zero-order valence-electron chi connectivity index (χ0n) is 20.7. The van der Waals surface area contributed by atoms with Gasteiger partial charge in [-0.15, -0.1) is 0 Å². The van der Waals surface area contributed by atoms with E-state index in [1.54, 1.807) is 20.4 Å². The topological polar surface area (TPSA) is 58.0 Å². The first kappa shape index (κ1) is 25.4. The first-order valence-electron chi connectivity index (χ1n) is 11.9. The van der Waals surface area contributed by atoms with Crippen molar-refractivity contribution in [2.45, 2.75) is 38.5 Å². The fourth-order valence-electron chi connectivity index (χ4n) is 4.38. The van der Waals surface area contributed by atoms with Gasteiger partial charge in [0.25, 0.3) is 0 Å². The van der Waals surface area contributed by atoms with Crippen LogP contribution >= 0.6 is 11.6 Å².